The van der Waals surface area contributed by atoms with E-state index in [1.807, 2.05) is 36.4 Å². The van der Waals surface area contributed by atoms with Gasteiger partial charge in [0.25, 0.3) is 0 Å². The van der Waals surface area contributed by atoms with E-state index in [1.54, 1.807) is 19.4 Å². The Morgan fingerprint density at radius 1 is 1.25 bits per heavy atom. The normalized spacial score (nSPS) is 9.85. The Bertz CT molecular complexity index is 570. The Kier molecular flexibility index (Phi) is 5.00. The second-order valence-corrected chi connectivity index (χ2v) is 4.12. The van der Waals surface area contributed by atoms with E-state index in [2.05, 4.69) is 16.9 Å². The smallest absolute Gasteiger partial charge is 0.237 e. The van der Waals surface area contributed by atoms with Crippen LogP contribution in [0.2, 0.25) is 0 Å². The maximum atomic E-state index is 5.63. The minimum Gasteiger partial charge on any atom is -0.489 e. The third-order valence-electron chi connectivity index (χ3n) is 2.76. The molecule has 0 spiro atoms. The van der Waals surface area contributed by atoms with E-state index in [0.29, 0.717) is 19.0 Å². The van der Waals surface area contributed by atoms with Crippen LogP contribution in [0.3, 0.4) is 0 Å². The van der Waals surface area contributed by atoms with Gasteiger partial charge in [-0.2, -0.15) is 0 Å². The predicted molar refractivity (Wildman–Crippen MR) is 80.2 cm³/mol. The highest BCUT2D eigenvalue weighted by molar-refractivity contribution is 5.52. The second kappa shape index (κ2) is 7.19. The van der Waals surface area contributed by atoms with Crippen molar-refractivity contribution in [3.63, 3.8) is 0 Å². The minimum atomic E-state index is 0.493. The molecule has 4 heteroatoms. The standard InChI is InChI=1S/C16H18N2O2/c1-3-11-20-15-9-5-4-7-13(15)12-18-14-8-6-10-17-16(14)19-2/h3-10,18H,1,11-12H2,2H3. The summed E-state index contributed by atoms with van der Waals surface area (Å²) in [5, 5.41) is 3.30. The van der Waals surface area contributed by atoms with Crippen LogP contribution in [-0.2, 0) is 6.54 Å². The van der Waals surface area contributed by atoms with Crippen LogP contribution in [0.1, 0.15) is 5.56 Å². The Labute approximate surface area is 119 Å². The molecule has 0 aliphatic rings. The molecule has 0 bridgehead atoms. The van der Waals surface area contributed by atoms with Crippen LogP contribution < -0.4 is 14.8 Å². The number of aromatic nitrogens is 1. The lowest BCUT2D eigenvalue weighted by atomic mass is 10.2. The van der Waals surface area contributed by atoms with Crippen LogP contribution in [0.15, 0.2) is 55.3 Å². The minimum absolute atomic E-state index is 0.493. The summed E-state index contributed by atoms with van der Waals surface area (Å²) in [6, 6.07) is 11.7. The maximum absolute atomic E-state index is 5.63. The van der Waals surface area contributed by atoms with Gasteiger partial charge in [-0.05, 0) is 18.2 Å². The molecule has 2 aromatic rings. The number of hydrogen-bond acceptors (Lipinski definition) is 4. The lowest BCUT2D eigenvalue weighted by Gasteiger charge is -2.13. The van der Waals surface area contributed by atoms with Gasteiger partial charge < -0.3 is 14.8 Å². The fourth-order valence-electron chi connectivity index (χ4n) is 1.82. The first-order valence-corrected chi connectivity index (χ1v) is 6.39. The first-order chi connectivity index (χ1) is 9.85. The average Bonchev–Trinajstić information content (AvgIpc) is 2.52. The number of anilines is 1. The molecule has 1 N–H and O–H groups in total. The van der Waals surface area contributed by atoms with Gasteiger partial charge in [0.15, 0.2) is 0 Å². The van der Waals surface area contributed by atoms with E-state index in [9.17, 15) is 0 Å². The van der Waals surface area contributed by atoms with Gasteiger partial charge in [0.1, 0.15) is 12.4 Å². The van der Waals surface area contributed by atoms with Crippen molar-refractivity contribution in [1.82, 2.24) is 4.98 Å². The summed E-state index contributed by atoms with van der Waals surface area (Å²) in [5.41, 5.74) is 1.92. The van der Waals surface area contributed by atoms with Gasteiger partial charge in [0.2, 0.25) is 5.88 Å². The summed E-state index contributed by atoms with van der Waals surface area (Å²) in [5.74, 6) is 1.43. The van der Waals surface area contributed by atoms with Gasteiger partial charge in [-0.15, -0.1) is 0 Å². The van der Waals surface area contributed by atoms with Crippen LogP contribution in [0.25, 0.3) is 0 Å². The molecule has 1 heterocycles. The van der Waals surface area contributed by atoms with Gasteiger partial charge in [-0.25, -0.2) is 4.98 Å². The van der Waals surface area contributed by atoms with Crippen molar-refractivity contribution in [3.8, 4) is 11.6 Å². The first kappa shape index (κ1) is 13.9. The number of rotatable bonds is 7. The van der Waals surface area contributed by atoms with E-state index < -0.39 is 0 Å². The lowest BCUT2D eigenvalue weighted by Crippen LogP contribution is -2.05. The number of benzene rings is 1. The second-order valence-electron chi connectivity index (χ2n) is 4.12. The molecule has 0 fully saturated rings. The zero-order valence-electron chi connectivity index (χ0n) is 11.5. The molecule has 0 amide bonds. The largest absolute Gasteiger partial charge is 0.489 e. The number of hydrogen-bond donors (Lipinski definition) is 1. The van der Waals surface area contributed by atoms with Crippen molar-refractivity contribution < 1.29 is 9.47 Å². The molecule has 2 rings (SSSR count). The van der Waals surface area contributed by atoms with Crippen molar-refractivity contribution in [1.29, 1.82) is 0 Å². The number of nitrogens with zero attached hydrogens (tertiary/aromatic N) is 1. The number of pyridine rings is 1. The summed E-state index contributed by atoms with van der Waals surface area (Å²) in [6.07, 6.45) is 3.43. The van der Waals surface area contributed by atoms with Crippen molar-refractivity contribution >= 4 is 5.69 Å². The monoisotopic (exact) mass is 270 g/mol. The van der Waals surface area contributed by atoms with Gasteiger partial charge in [0, 0.05) is 18.3 Å². The zero-order chi connectivity index (χ0) is 14.2. The molecule has 20 heavy (non-hydrogen) atoms. The predicted octanol–water partition coefficient (Wildman–Crippen LogP) is 3.27. The molecule has 0 radical (unpaired) electrons. The highest BCUT2D eigenvalue weighted by Gasteiger charge is 2.05. The molecule has 1 aromatic carbocycles. The molecule has 104 valence electrons. The van der Waals surface area contributed by atoms with Crippen molar-refractivity contribution in [2.45, 2.75) is 6.54 Å². The molecule has 4 nitrogen and oxygen atoms in total. The van der Waals surface area contributed by atoms with Crippen molar-refractivity contribution in [2.24, 2.45) is 0 Å². The van der Waals surface area contributed by atoms with E-state index in [0.717, 1.165) is 17.0 Å². The Hall–Kier alpha value is -2.49. The molecule has 0 saturated heterocycles. The first-order valence-electron chi connectivity index (χ1n) is 6.39. The highest BCUT2D eigenvalue weighted by atomic mass is 16.5. The fraction of sp³-hybridized carbons (Fsp3) is 0.188. The number of methoxy groups -OCH3 is 1. The summed E-state index contributed by atoms with van der Waals surface area (Å²) in [4.78, 5) is 4.15. The third-order valence-corrected chi connectivity index (χ3v) is 2.76. The fourth-order valence-corrected chi connectivity index (χ4v) is 1.82. The topological polar surface area (TPSA) is 43.4 Å². The molecule has 0 aliphatic carbocycles. The van der Waals surface area contributed by atoms with E-state index in [-0.39, 0.29) is 0 Å². The molecule has 0 atom stereocenters. The number of para-hydroxylation sites is 1. The summed E-state index contributed by atoms with van der Waals surface area (Å²) in [6.45, 7) is 4.78. The molecule has 1 aromatic heterocycles. The number of ether oxygens (including phenoxy) is 2. The van der Waals surface area contributed by atoms with E-state index in [1.165, 1.54) is 0 Å². The van der Waals surface area contributed by atoms with Crippen LogP contribution in [0, 0.1) is 0 Å². The Morgan fingerprint density at radius 3 is 2.90 bits per heavy atom. The summed E-state index contributed by atoms with van der Waals surface area (Å²) >= 11 is 0. The molecule has 0 unspecified atom stereocenters. The van der Waals surface area contributed by atoms with Crippen molar-refractivity contribution in [2.75, 3.05) is 19.0 Å². The summed E-state index contributed by atoms with van der Waals surface area (Å²) in [7, 11) is 1.61. The van der Waals surface area contributed by atoms with Crippen LogP contribution in [-0.4, -0.2) is 18.7 Å². The maximum Gasteiger partial charge on any atom is 0.237 e. The number of nitrogens with one attached hydrogen (secondary N) is 1. The van der Waals surface area contributed by atoms with Crippen LogP contribution in [0.5, 0.6) is 11.6 Å². The quantitative estimate of drug-likeness (QED) is 0.784. The molecule has 0 saturated carbocycles. The van der Waals surface area contributed by atoms with E-state index >= 15 is 0 Å². The van der Waals surface area contributed by atoms with Gasteiger partial charge in [-0.3, -0.25) is 0 Å². The zero-order valence-corrected chi connectivity index (χ0v) is 11.5. The SMILES string of the molecule is C=CCOc1ccccc1CNc1cccnc1OC. The lowest BCUT2D eigenvalue weighted by molar-refractivity contribution is 0.359. The Morgan fingerprint density at radius 2 is 2.10 bits per heavy atom. The van der Waals surface area contributed by atoms with Crippen molar-refractivity contribution in [3.05, 3.63) is 60.8 Å². The molecule has 0 aliphatic heterocycles. The average molecular weight is 270 g/mol. The highest BCUT2D eigenvalue weighted by Crippen LogP contribution is 2.23. The molecular weight excluding hydrogens is 252 g/mol. The van der Waals surface area contributed by atoms with Gasteiger partial charge in [-0.1, -0.05) is 30.9 Å². The van der Waals surface area contributed by atoms with Crippen LogP contribution in [0.4, 0.5) is 5.69 Å². The van der Waals surface area contributed by atoms with Crippen LogP contribution >= 0.6 is 0 Å². The van der Waals surface area contributed by atoms with Gasteiger partial charge >= 0.3 is 0 Å². The molecular formula is C16H18N2O2. The van der Waals surface area contributed by atoms with E-state index in [4.69, 9.17) is 9.47 Å². The third kappa shape index (κ3) is 3.51. The Balaban J connectivity index is 2.08. The summed E-state index contributed by atoms with van der Waals surface area (Å²) < 4.78 is 10.8. The van der Waals surface area contributed by atoms with Gasteiger partial charge in [0.05, 0.1) is 12.8 Å².